The molecule has 2 aromatic heterocycles. The van der Waals surface area contributed by atoms with Gasteiger partial charge in [-0.2, -0.15) is 0 Å². The predicted molar refractivity (Wildman–Crippen MR) is 194 cm³/mol. The molecule has 6 rings (SSSR count). The van der Waals surface area contributed by atoms with Gasteiger partial charge in [-0.05, 0) is 99.3 Å². The fourth-order valence-corrected chi connectivity index (χ4v) is 8.11. The van der Waals surface area contributed by atoms with Gasteiger partial charge in [0.2, 0.25) is 0 Å². The maximum absolute atomic E-state index is 14.8. The molecule has 49 heavy (non-hydrogen) atoms. The number of nitrogens with zero attached hydrogens (tertiary/aromatic N) is 3. The summed E-state index contributed by atoms with van der Waals surface area (Å²) >= 11 is 2.81. The molecule has 13 heteroatoms. The number of benzene rings is 2. The summed E-state index contributed by atoms with van der Waals surface area (Å²) < 4.78 is 21.5. The number of aryl methyl sites for hydroxylation is 1. The van der Waals surface area contributed by atoms with Crippen molar-refractivity contribution in [1.29, 1.82) is 0 Å². The highest BCUT2D eigenvalue weighted by molar-refractivity contribution is 7.22. The molecule has 256 valence electrons. The van der Waals surface area contributed by atoms with Gasteiger partial charge in [0.15, 0.2) is 27.5 Å². The van der Waals surface area contributed by atoms with Crippen LogP contribution >= 0.6 is 22.7 Å². The molecule has 4 heterocycles. The molecule has 0 spiro atoms. The maximum Gasteiger partial charge on any atom is 0.355 e. The lowest BCUT2D eigenvalue weighted by molar-refractivity contribution is -0.897. The van der Waals surface area contributed by atoms with Gasteiger partial charge < -0.3 is 36.4 Å². The van der Waals surface area contributed by atoms with Crippen molar-refractivity contribution in [3.63, 3.8) is 0 Å². The normalized spacial score (nSPS) is 15.9. The molecular weight excluding hydrogens is 662 g/mol. The van der Waals surface area contributed by atoms with E-state index >= 15 is 0 Å². The van der Waals surface area contributed by atoms with Crippen molar-refractivity contribution >= 4 is 49.1 Å². The van der Waals surface area contributed by atoms with E-state index in [1.54, 1.807) is 12.1 Å². The van der Waals surface area contributed by atoms with E-state index in [1.807, 2.05) is 36.1 Å². The Morgan fingerprint density at radius 2 is 1.96 bits per heavy atom. The Kier molecular flexibility index (Phi) is 11.0. The van der Waals surface area contributed by atoms with E-state index < -0.39 is 11.8 Å². The SMILES string of the molecule is C/C(C1=C(N)N(c2nc(C(=O)O)c(CCCOc3ccc(C#CC[NH+]4CCCCC4)cc3F)s2)CCC1)=C(/N)Nc1nc2ccccc2s1. The van der Waals surface area contributed by atoms with E-state index in [0.29, 0.717) is 51.7 Å². The number of quaternary nitrogens is 1. The van der Waals surface area contributed by atoms with Crippen molar-refractivity contribution in [2.24, 2.45) is 11.5 Å². The second-order valence-electron chi connectivity index (χ2n) is 12.2. The zero-order valence-electron chi connectivity index (χ0n) is 27.5. The van der Waals surface area contributed by atoms with Gasteiger partial charge in [0.05, 0.1) is 29.9 Å². The van der Waals surface area contributed by atoms with Crippen molar-refractivity contribution in [2.75, 3.05) is 43.0 Å². The first-order valence-electron chi connectivity index (χ1n) is 16.6. The number of anilines is 2. The highest BCUT2D eigenvalue weighted by atomic mass is 32.1. The quantitative estimate of drug-likeness (QED) is 0.107. The smallest absolute Gasteiger partial charge is 0.355 e. The van der Waals surface area contributed by atoms with Gasteiger partial charge >= 0.3 is 5.97 Å². The fraction of sp³-hybridized carbons (Fsp3) is 0.361. The van der Waals surface area contributed by atoms with Gasteiger partial charge in [-0.1, -0.05) is 29.4 Å². The molecule has 2 aliphatic rings. The number of halogens is 1. The summed E-state index contributed by atoms with van der Waals surface area (Å²) in [6, 6.07) is 12.6. The van der Waals surface area contributed by atoms with Crippen LogP contribution < -0.4 is 31.3 Å². The number of nitrogens with one attached hydrogen (secondary N) is 2. The second kappa shape index (κ2) is 15.7. The van der Waals surface area contributed by atoms with E-state index in [2.05, 4.69) is 27.1 Å². The molecule has 1 saturated heterocycles. The number of thiazole rings is 2. The van der Waals surface area contributed by atoms with Gasteiger partial charge in [-0.25, -0.2) is 19.2 Å². The van der Waals surface area contributed by atoms with Crippen molar-refractivity contribution < 1.29 is 23.9 Å². The number of carboxylic acid groups (broad SMARTS) is 1. The minimum atomic E-state index is -1.11. The first-order chi connectivity index (χ1) is 23.8. The first-order valence-corrected chi connectivity index (χ1v) is 18.2. The Balaban J connectivity index is 1.08. The topological polar surface area (TPSA) is 144 Å². The average Bonchev–Trinajstić information content (AvgIpc) is 3.72. The molecular formula is C36H41FN7O3S2+. The van der Waals surface area contributed by atoms with Crippen LogP contribution in [-0.2, 0) is 6.42 Å². The summed E-state index contributed by atoms with van der Waals surface area (Å²) in [5, 5.41) is 14.4. The number of nitrogens with two attached hydrogens (primary N) is 2. The molecule has 0 aliphatic carbocycles. The summed E-state index contributed by atoms with van der Waals surface area (Å²) in [5.41, 5.74) is 16.4. The third-order valence-electron chi connectivity index (χ3n) is 8.79. The van der Waals surface area contributed by atoms with Crippen LogP contribution in [0, 0.1) is 17.7 Å². The molecule has 4 aromatic rings. The summed E-state index contributed by atoms with van der Waals surface area (Å²) in [6.45, 7) is 5.80. The number of allylic oxidation sites excluding steroid dienone is 2. The van der Waals surface area contributed by atoms with E-state index in [9.17, 15) is 14.3 Å². The lowest BCUT2D eigenvalue weighted by Crippen LogP contribution is -3.12. The minimum Gasteiger partial charge on any atom is -0.491 e. The fourth-order valence-electron chi connectivity index (χ4n) is 6.10. The van der Waals surface area contributed by atoms with Crippen LogP contribution in [0.15, 0.2) is 65.3 Å². The number of likely N-dealkylation sites (tertiary alicyclic amines) is 1. The van der Waals surface area contributed by atoms with E-state index in [4.69, 9.17) is 16.2 Å². The Morgan fingerprint density at radius 1 is 1.14 bits per heavy atom. The number of carbonyl (C=O) groups is 1. The molecule has 7 N–H and O–H groups in total. The summed E-state index contributed by atoms with van der Waals surface area (Å²) in [4.78, 5) is 25.2. The number of carboxylic acids is 1. The average molecular weight is 703 g/mol. The van der Waals surface area contributed by atoms with E-state index in [-0.39, 0.29) is 18.1 Å². The van der Waals surface area contributed by atoms with Crippen molar-refractivity contribution in [2.45, 2.75) is 51.9 Å². The zero-order valence-corrected chi connectivity index (χ0v) is 29.1. The summed E-state index contributed by atoms with van der Waals surface area (Å²) in [5.74, 6) is 5.78. The van der Waals surface area contributed by atoms with Crippen molar-refractivity contribution in [1.82, 2.24) is 9.97 Å². The third kappa shape index (κ3) is 8.33. The van der Waals surface area contributed by atoms with Gasteiger partial charge in [-0.3, -0.25) is 0 Å². The number of ether oxygens (including phenoxy) is 1. The highest BCUT2D eigenvalue weighted by Gasteiger charge is 2.27. The standard InChI is InChI=1S/C36H40FN7O3S2/c1-23(32(38)42-35-40-27-12-3-4-13-29(27)48-35)25-11-8-20-44(33(25)39)36-41-31(34(45)46)30(49-36)14-9-21-47-28-16-15-24(22-26(28)37)10-7-19-43-17-5-2-6-18-43/h3-4,12-13,15-16,22H,2,5-6,8-9,11,14,17-21,38-39H2,1H3,(H,40,42)(H,45,46)/p+1/b32-23+. The van der Waals surface area contributed by atoms with Gasteiger partial charge in [0.1, 0.15) is 18.2 Å². The molecule has 0 amide bonds. The number of hydrogen-bond donors (Lipinski definition) is 5. The van der Waals surface area contributed by atoms with Crippen LogP contribution in [0.2, 0.25) is 0 Å². The Hall–Kier alpha value is -4.64. The molecule has 10 nitrogen and oxygen atoms in total. The maximum atomic E-state index is 14.8. The number of hydrogen-bond acceptors (Lipinski definition) is 10. The number of aromatic carboxylic acids is 1. The lowest BCUT2D eigenvalue weighted by Gasteiger charge is -2.30. The molecule has 2 aliphatic heterocycles. The van der Waals surface area contributed by atoms with Gasteiger partial charge in [0, 0.05) is 17.0 Å². The second-order valence-corrected chi connectivity index (χ2v) is 14.3. The van der Waals surface area contributed by atoms with Gasteiger partial charge in [-0.15, -0.1) is 11.3 Å². The number of aromatic nitrogens is 2. The van der Waals surface area contributed by atoms with Crippen LogP contribution in [0.1, 0.15) is 66.4 Å². The number of fused-ring (bicyclic) bond motifs is 1. The van der Waals surface area contributed by atoms with Crippen LogP contribution in [0.25, 0.3) is 10.2 Å². The van der Waals surface area contributed by atoms with Crippen LogP contribution in [0.5, 0.6) is 5.75 Å². The molecule has 1 fully saturated rings. The number of para-hydroxylation sites is 1. The van der Waals surface area contributed by atoms with Crippen molar-refractivity contribution in [3.05, 3.63) is 87.2 Å². The van der Waals surface area contributed by atoms with Crippen LogP contribution in [-0.4, -0.2) is 53.8 Å². The number of piperidine rings is 1. The Bertz CT molecular complexity index is 1920. The predicted octanol–water partition coefficient (Wildman–Crippen LogP) is 5.09. The highest BCUT2D eigenvalue weighted by Crippen LogP contribution is 2.35. The Labute approximate surface area is 293 Å². The largest absolute Gasteiger partial charge is 0.491 e. The molecule has 0 radical (unpaired) electrons. The number of rotatable bonds is 11. The molecule has 0 atom stereocenters. The Morgan fingerprint density at radius 3 is 2.73 bits per heavy atom. The lowest BCUT2D eigenvalue weighted by atomic mass is 9.99. The zero-order chi connectivity index (χ0) is 34.3. The van der Waals surface area contributed by atoms with E-state index in [0.717, 1.165) is 53.8 Å². The van der Waals surface area contributed by atoms with Gasteiger partial charge in [0.25, 0.3) is 0 Å². The van der Waals surface area contributed by atoms with Crippen molar-refractivity contribution in [3.8, 4) is 17.6 Å². The third-order valence-corrected chi connectivity index (χ3v) is 10.9. The molecule has 2 aromatic carbocycles. The summed E-state index contributed by atoms with van der Waals surface area (Å²) in [6.07, 6.45) is 6.18. The molecule has 0 unspecified atom stereocenters. The van der Waals surface area contributed by atoms with E-state index in [1.165, 1.54) is 52.9 Å². The molecule has 0 bridgehead atoms. The first kappa shape index (κ1) is 34.2. The van der Waals surface area contributed by atoms with Crippen LogP contribution in [0.4, 0.5) is 14.7 Å². The molecule has 0 saturated carbocycles. The minimum absolute atomic E-state index is 0.00954. The van der Waals surface area contributed by atoms with Crippen LogP contribution in [0.3, 0.4) is 0 Å². The monoisotopic (exact) mass is 702 g/mol. The summed E-state index contributed by atoms with van der Waals surface area (Å²) in [7, 11) is 0.